The van der Waals surface area contributed by atoms with Gasteiger partial charge in [0.1, 0.15) is 18.2 Å². The van der Waals surface area contributed by atoms with Crippen LogP contribution in [0.4, 0.5) is 4.39 Å². The summed E-state index contributed by atoms with van der Waals surface area (Å²) >= 11 is 9.74. The van der Waals surface area contributed by atoms with Crippen molar-refractivity contribution >= 4 is 24.2 Å². The van der Waals surface area contributed by atoms with Gasteiger partial charge in [0.05, 0.1) is 18.2 Å². The molecule has 0 heterocycles. The fourth-order valence-electron chi connectivity index (χ4n) is 0.969. The number of rotatable bonds is 6. The average Bonchev–Trinajstić information content (AvgIpc) is 2.20. The summed E-state index contributed by atoms with van der Waals surface area (Å²) < 4.78 is 23.1. The minimum absolute atomic E-state index is 0.268. The molecular formula is C10H12ClFO2S. The highest BCUT2D eigenvalue weighted by Crippen LogP contribution is 2.24. The largest absolute Gasteiger partial charge is 0.490 e. The molecule has 0 radical (unpaired) electrons. The number of benzene rings is 1. The summed E-state index contributed by atoms with van der Waals surface area (Å²) in [6.07, 6.45) is 0. The first-order chi connectivity index (χ1) is 7.24. The lowest BCUT2D eigenvalue weighted by atomic mass is 10.3. The summed E-state index contributed by atoms with van der Waals surface area (Å²) in [5, 5.41) is 0.268. The van der Waals surface area contributed by atoms with Gasteiger partial charge >= 0.3 is 0 Å². The number of ether oxygens (including phenoxy) is 2. The normalized spacial score (nSPS) is 10.3. The van der Waals surface area contributed by atoms with Crippen LogP contribution in [0.3, 0.4) is 0 Å². The second kappa shape index (κ2) is 6.93. The lowest BCUT2D eigenvalue weighted by molar-refractivity contribution is 0.112. The molecule has 1 aromatic carbocycles. The van der Waals surface area contributed by atoms with Crippen LogP contribution >= 0.6 is 24.2 Å². The van der Waals surface area contributed by atoms with Crippen molar-refractivity contribution in [1.82, 2.24) is 0 Å². The van der Waals surface area contributed by atoms with Gasteiger partial charge < -0.3 is 9.47 Å². The van der Waals surface area contributed by atoms with E-state index in [1.54, 1.807) is 0 Å². The lowest BCUT2D eigenvalue weighted by Gasteiger charge is -2.07. The Labute approximate surface area is 98.7 Å². The van der Waals surface area contributed by atoms with E-state index in [0.29, 0.717) is 31.3 Å². The number of halogens is 2. The molecule has 0 aliphatic carbocycles. The topological polar surface area (TPSA) is 18.5 Å². The maximum Gasteiger partial charge on any atom is 0.138 e. The van der Waals surface area contributed by atoms with Gasteiger partial charge in [-0.3, -0.25) is 0 Å². The Bertz CT molecular complexity index is 309. The molecule has 0 atom stereocenters. The highest BCUT2D eigenvalue weighted by molar-refractivity contribution is 7.80. The van der Waals surface area contributed by atoms with E-state index >= 15 is 0 Å². The van der Waals surface area contributed by atoms with Crippen molar-refractivity contribution < 1.29 is 13.9 Å². The summed E-state index contributed by atoms with van der Waals surface area (Å²) in [5.41, 5.74) is 0. The first-order valence-corrected chi connectivity index (χ1v) is 5.51. The summed E-state index contributed by atoms with van der Waals surface area (Å²) in [5.74, 6) is 0.767. The Morgan fingerprint density at radius 3 is 2.73 bits per heavy atom. The van der Waals surface area contributed by atoms with Crippen LogP contribution in [0.5, 0.6) is 5.75 Å². The Balaban J connectivity index is 2.31. The van der Waals surface area contributed by atoms with Crippen LogP contribution in [0.2, 0.25) is 5.02 Å². The zero-order valence-electron chi connectivity index (χ0n) is 8.08. The fourth-order valence-corrected chi connectivity index (χ4v) is 1.32. The van der Waals surface area contributed by atoms with Gasteiger partial charge in [0.25, 0.3) is 0 Å². The molecule has 0 bridgehead atoms. The maximum atomic E-state index is 12.7. The van der Waals surface area contributed by atoms with Gasteiger partial charge in [0, 0.05) is 5.75 Å². The van der Waals surface area contributed by atoms with Gasteiger partial charge in [-0.05, 0) is 18.2 Å². The third kappa shape index (κ3) is 4.73. The second-order valence-corrected chi connectivity index (χ2v) is 3.61. The summed E-state index contributed by atoms with van der Waals surface area (Å²) in [7, 11) is 0. The monoisotopic (exact) mass is 250 g/mol. The van der Waals surface area contributed by atoms with Crippen molar-refractivity contribution in [2.24, 2.45) is 0 Å². The Morgan fingerprint density at radius 2 is 2.07 bits per heavy atom. The molecule has 0 spiro atoms. The van der Waals surface area contributed by atoms with Gasteiger partial charge in [0.15, 0.2) is 0 Å². The molecule has 0 amide bonds. The van der Waals surface area contributed by atoms with Crippen LogP contribution in [0.15, 0.2) is 18.2 Å². The van der Waals surface area contributed by atoms with E-state index in [-0.39, 0.29) is 10.8 Å². The Morgan fingerprint density at radius 1 is 1.27 bits per heavy atom. The van der Waals surface area contributed by atoms with E-state index in [1.165, 1.54) is 18.2 Å². The van der Waals surface area contributed by atoms with Gasteiger partial charge in [-0.1, -0.05) is 11.6 Å². The number of hydrogen-bond donors (Lipinski definition) is 1. The lowest BCUT2D eigenvalue weighted by Crippen LogP contribution is -2.08. The third-order valence-electron chi connectivity index (χ3n) is 1.61. The van der Waals surface area contributed by atoms with Crippen LogP contribution in [0.25, 0.3) is 0 Å². The molecule has 84 valence electrons. The first-order valence-electron chi connectivity index (χ1n) is 4.50. The van der Waals surface area contributed by atoms with Crippen LogP contribution in [-0.2, 0) is 4.74 Å². The summed E-state index contributed by atoms with van der Waals surface area (Å²) in [6, 6.07) is 4.01. The van der Waals surface area contributed by atoms with Crippen LogP contribution < -0.4 is 4.74 Å². The zero-order chi connectivity index (χ0) is 11.1. The molecule has 0 fully saturated rings. The van der Waals surface area contributed by atoms with Crippen molar-refractivity contribution in [3.05, 3.63) is 29.0 Å². The third-order valence-corrected chi connectivity index (χ3v) is 2.09. The molecule has 15 heavy (non-hydrogen) atoms. The van der Waals surface area contributed by atoms with Crippen molar-refractivity contribution in [2.75, 3.05) is 25.6 Å². The molecule has 0 N–H and O–H groups in total. The van der Waals surface area contributed by atoms with Crippen LogP contribution in [0, 0.1) is 5.82 Å². The predicted molar refractivity (Wildman–Crippen MR) is 61.6 cm³/mol. The van der Waals surface area contributed by atoms with E-state index in [1.807, 2.05) is 0 Å². The first kappa shape index (κ1) is 12.6. The molecule has 0 saturated carbocycles. The Kier molecular flexibility index (Phi) is 5.83. The van der Waals surface area contributed by atoms with Gasteiger partial charge in [-0.15, -0.1) is 0 Å². The fraction of sp³-hybridized carbons (Fsp3) is 0.400. The zero-order valence-corrected chi connectivity index (χ0v) is 9.73. The average molecular weight is 251 g/mol. The molecule has 2 nitrogen and oxygen atoms in total. The van der Waals surface area contributed by atoms with Crippen molar-refractivity contribution in [3.63, 3.8) is 0 Å². The van der Waals surface area contributed by atoms with E-state index in [4.69, 9.17) is 21.1 Å². The summed E-state index contributed by atoms with van der Waals surface area (Å²) in [6.45, 7) is 1.44. The molecule has 1 rings (SSSR count). The van der Waals surface area contributed by atoms with E-state index in [9.17, 15) is 4.39 Å². The standard InChI is InChI=1S/C10H12ClFO2S/c11-9-7-8(12)1-2-10(9)14-4-3-13-5-6-15/h1-2,7,15H,3-6H2. The molecule has 0 unspecified atom stereocenters. The SMILES string of the molecule is Fc1ccc(OCCOCCS)c(Cl)c1. The molecule has 0 aromatic heterocycles. The van der Waals surface area contributed by atoms with Crippen molar-refractivity contribution in [3.8, 4) is 5.75 Å². The maximum absolute atomic E-state index is 12.7. The molecule has 0 saturated heterocycles. The smallest absolute Gasteiger partial charge is 0.138 e. The molecule has 1 aromatic rings. The van der Waals surface area contributed by atoms with Crippen molar-refractivity contribution in [1.29, 1.82) is 0 Å². The van der Waals surface area contributed by atoms with Gasteiger partial charge in [-0.2, -0.15) is 12.6 Å². The number of hydrogen-bond acceptors (Lipinski definition) is 3. The van der Waals surface area contributed by atoms with Crippen LogP contribution in [0.1, 0.15) is 0 Å². The Hall–Kier alpha value is -0.450. The van der Waals surface area contributed by atoms with Gasteiger partial charge in [0.2, 0.25) is 0 Å². The van der Waals surface area contributed by atoms with Gasteiger partial charge in [-0.25, -0.2) is 4.39 Å². The van der Waals surface area contributed by atoms with Crippen molar-refractivity contribution in [2.45, 2.75) is 0 Å². The highest BCUT2D eigenvalue weighted by atomic mass is 35.5. The highest BCUT2D eigenvalue weighted by Gasteiger charge is 2.02. The molecule has 5 heteroatoms. The minimum Gasteiger partial charge on any atom is -0.490 e. The minimum atomic E-state index is -0.376. The van der Waals surface area contributed by atoms with E-state index in [2.05, 4.69) is 12.6 Å². The predicted octanol–water partition coefficient (Wildman–Crippen LogP) is 2.80. The molecule has 0 aliphatic rings. The molecule has 0 aliphatic heterocycles. The van der Waals surface area contributed by atoms with E-state index < -0.39 is 0 Å². The number of thiol groups is 1. The quantitative estimate of drug-likeness (QED) is 0.618. The summed E-state index contributed by atoms with van der Waals surface area (Å²) in [4.78, 5) is 0. The van der Waals surface area contributed by atoms with E-state index in [0.717, 1.165) is 0 Å². The molecular weight excluding hydrogens is 239 g/mol. The van der Waals surface area contributed by atoms with Crippen LogP contribution in [-0.4, -0.2) is 25.6 Å². The second-order valence-electron chi connectivity index (χ2n) is 2.76.